The third-order valence-corrected chi connectivity index (χ3v) is 11.0. The van der Waals surface area contributed by atoms with Crippen LogP contribution in [0.3, 0.4) is 0 Å². The standard InChI is InChI=1S/C24H41BrO2Si/c1-24(2,3)28(4,5)27-23(20-21-14-9-8-10-15-21)18-13-17-22(26)16-11-6-7-12-19-25/h8-10,14-15,23H,6-7,11-13,16-20H2,1-5H3. The number of carbonyl (C=O) groups excluding carboxylic acids is 1. The highest BCUT2D eigenvalue weighted by atomic mass is 79.9. The molecule has 160 valence electrons. The normalized spacial score (nSPS) is 13.5. The molecule has 0 saturated heterocycles. The molecule has 0 aliphatic carbocycles. The average Bonchev–Trinajstić information content (AvgIpc) is 2.61. The van der Waals surface area contributed by atoms with Crippen molar-refractivity contribution in [3.05, 3.63) is 35.9 Å². The molecule has 0 fully saturated rings. The van der Waals surface area contributed by atoms with Gasteiger partial charge in [-0.2, -0.15) is 0 Å². The fourth-order valence-electron chi connectivity index (χ4n) is 3.10. The van der Waals surface area contributed by atoms with Crippen molar-refractivity contribution in [2.24, 2.45) is 0 Å². The highest BCUT2D eigenvalue weighted by Gasteiger charge is 2.39. The summed E-state index contributed by atoms with van der Waals surface area (Å²) in [7, 11) is -1.82. The summed E-state index contributed by atoms with van der Waals surface area (Å²) in [6, 6.07) is 10.6. The molecule has 0 N–H and O–H groups in total. The number of rotatable bonds is 14. The molecule has 1 rings (SSSR count). The Bertz CT molecular complexity index is 551. The predicted molar refractivity (Wildman–Crippen MR) is 128 cm³/mol. The molecule has 1 atom stereocenters. The van der Waals surface area contributed by atoms with E-state index in [0.717, 1.165) is 37.4 Å². The molecule has 4 heteroatoms. The summed E-state index contributed by atoms with van der Waals surface area (Å²) in [5, 5.41) is 1.27. The Morgan fingerprint density at radius 2 is 1.61 bits per heavy atom. The van der Waals surface area contributed by atoms with Crippen LogP contribution in [0.2, 0.25) is 18.1 Å². The van der Waals surface area contributed by atoms with E-state index in [0.29, 0.717) is 12.2 Å². The lowest BCUT2D eigenvalue weighted by molar-refractivity contribution is -0.119. The molecule has 1 aromatic carbocycles. The number of benzene rings is 1. The largest absolute Gasteiger partial charge is 0.414 e. The minimum Gasteiger partial charge on any atom is -0.414 e. The van der Waals surface area contributed by atoms with E-state index in [-0.39, 0.29) is 11.1 Å². The number of unbranched alkanes of at least 4 members (excludes halogenated alkanes) is 3. The van der Waals surface area contributed by atoms with Crippen molar-refractivity contribution in [2.75, 3.05) is 5.33 Å². The van der Waals surface area contributed by atoms with E-state index in [4.69, 9.17) is 4.43 Å². The topological polar surface area (TPSA) is 26.3 Å². The highest BCUT2D eigenvalue weighted by molar-refractivity contribution is 9.09. The molecule has 28 heavy (non-hydrogen) atoms. The van der Waals surface area contributed by atoms with Gasteiger partial charge in [0.1, 0.15) is 5.78 Å². The van der Waals surface area contributed by atoms with Crippen molar-refractivity contribution >= 4 is 30.0 Å². The molecule has 0 aliphatic rings. The Hall–Kier alpha value is -0.453. The van der Waals surface area contributed by atoms with E-state index in [1.165, 1.54) is 24.8 Å². The van der Waals surface area contributed by atoms with Crippen molar-refractivity contribution in [2.45, 2.75) is 103 Å². The second-order valence-electron chi connectivity index (χ2n) is 9.47. The van der Waals surface area contributed by atoms with E-state index in [2.05, 4.69) is 80.1 Å². The molecule has 0 aromatic heterocycles. The Balaban J connectivity index is 2.52. The molecule has 0 amide bonds. The van der Waals surface area contributed by atoms with Crippen molar-refractivity contribution < 1.29 is 9.22 Å². The predicted octanol–water partition coefficient (Wildman–Crippen LogP) is 7.70. The summed E-state index contributed by atoms with van der Waals surface area (Å²) < 4.78 is 6.74. The number of hydrogen-bond donors (Lipinski definition) is 0. The van der Waals surface area contributed by atoms with Crippen LogP contribution in [-0.2, 0) is 15.6 Å². The number of carbonyl (C=O) groups is 1. The molecule has 2 nitrogen and oxygen atoms in total. The zero-order chi connectivity index (χ0) is 21.0. The zero-order valence-corrected chi connectivity index (χ0v) is 21.3. The number of halogens is 1. The first-order valence-corrected chi connectivity index (χ1v) is 15.0. The molecule has 0 spiro atoms. The average molecular weight is 470 g/mol. The molecule has 0 bridgehead atoms. The maximum absolute atomic E-state index is 12.2. The van der Waals surface area contributed by atoms with Crippen molar-refractivity contribution in [1.29, 1.82) is 0 Å². The van der Waals surface area contributed by atoms with Gasteiger partial charge in [0, 0.05) is 24.3 Å². The van der Waals surface area contributed by atoms with Gasteiger partial charge in [0.15, 0.2) is 8.32 Å². The van der Waals surface area contributed by atoms with Gasteiger partial charge >= 0.3 is 0 Å². The Morgan fingerprint density at radius 3 is 2.21 bits per heavy atom. The molecule has 1 unspecified atom stereocenters. The molecule has 0 saturated carbocycles. The van der Waals surface area contributed by atoms with Crippen LogP contribution in [0.5, 0.6) is 0 Å². The van der Waals surface area contributed by atoms with E-state index < -0.39 is 8.32 Å². The summed E-state index contributed by atoms with van der Waals surface area (Å²) in [5.41, 5.74) is 1.32. The lowest BCUT2D eigenvalue weighted by atomic mass is 10.0. The van der Waals surface area contributed by atoms with Crippen LogP contribution in [0.25, 0.3) is 0 Å². The van der Waals surface area contributed by atoms with Crippen LogP contribution in [-0.4, -0.2) is 25.5 Å². The zero-order valence-electron chi connectivity index (χ0n) is 18.7. The summed E-state index contributed by atoms with van der Waals surface area (Å²) in [5.74, 6) is 0.421. The van der Waals surface area contributed by atoms with Crippen LogP contribution in [0.15, 0.2) is 30.3 Å². The van der Waals surface area contributed by atoms with Gasteiger partial charge in [0.2, 0.25) is 0 Å². The van der Waals surface area contributed by atoms with Gasteiger partial charge in [0.25, 0.3) is 0 Å². The minimum atomic E-state index is -1.82. The van der Waals surface area contributed by atoms with Crippen molar-refractivity contribution in [3.8, 4) is 0 Å². The van der Waals surface area contributed by atoms with Crippen LogP contribution in [0.1, 0.15) is 77.7 Å². The Kier molecular flexibility index (Phi) is 11.9. The van der Waals surface area contributed by atoms with E-state index in [1.807, 2.05) is 0 Å². The van der Waals surface area contributed by atoms with Crippen LogP contribution >= 0.6 is 15.9 Å². The third kappa shape index (κ3) is 10.4. The van der Waals surface area contributed by atoms with E-state index in [9.17, 15) is 4.79 Å². The van der Waals surface area contributed by atoms with E-state index >= 15 is 0 Å². The first kappa shape index (κ1) is 25.6. The van der Waals surface area contributed by atoms with Crippen molar-refractivity contribution in [1.82, 2.24) is 0 Å². The quantitative estimate of drug-likeness (QED) is 0.158. The maximum Gasteiger partial charge on any atom is 0.192 e. The number of Topliss-reactive ketones (excluding diaryl/α,β-unsaturated/α-hetero) is 1. The second-order valence-corrected chi connectivity index (χ2v) is 15.0. The Morgan fingerprint density at radius 1 is 1.00 bits per heavy atom. The van der Waals surface area contributed by atoms with Crippen LogP contribution < -0.4 is 0 Å². The van der Waals surface area contributed by atoms with Gasteiger partial charge in [-0.15, -0.1) is 0 Å². The molecule has 1 aromatic rings. The summed E-state index contributed by atoms with van der Waals surface area (Å²) in [6.07, 6.45) is 9.13. The maximum atomic E-state index is 12.2. The summed E-state index contributed by atoms with van der Waals surface area (Å²) >= 11 is 3.46. The van der Waals surface area contributed by atoms with Gasteiger partial charge in [-0.05, 0) is 55.8 Å². The van der Waals surface area contributed by atoms with Gasteiger partial charge in [-0.1, -0.05) is 79.9 Å². The fraction of sp³-hybridized carbons (Fsp3) is 0.708. The molecular weight excluding hydrogens is 428 g/mol. The minimum absolute atomic E-state index is 0.201. The number of hydrogen-bond acceptors (Lipinski definition) is 2. The van der Waals surface area contributed by atoms with Crippen LogP contribution in [0.4, 0.5) is 0 Å². The van der Waals surface area contributed by atoms with Gasteiger partial charge in [-0.25, -0.2) is 0 Å². The lowest BCUT2D eigenvalue weighted by Crippen LogP contribution is -2.44. The molecule has 0 radical (unpaired) electrons. The molecular formula is C24H41BrO2Si. The number of alkyl halides is 1. The summed E-state index contributed by atoms with van der Waals surface area (Å²) in [4.78, 5) is 12.2. The molecule has 0 aliphatic heterocycles. The number of ketones is 1. The van der Waals surface area contributed by atoms with Crippen molar-refractivity contribution in [3.63, 3.8) is 0 Å². The van der Waals surface area contributed by atoms with Gasteiger partial charge in [-0.3, -0.25) is 4.79 Å². The third-order valence-electron chi connectivity index (χ3n) is 5.89. The Labute approximate surface area is 183 Å². The molecule has 0 heterocycles. The summed E-state index contributed by atoms with van der Waals surface area (Å²) in [6.45, 7) is 11.5. The van der Waals surface area contributed by atoms with E-state index in [1.54, 1.807) is 0 Å². The first-order valence-electron chi connectivity index (χ1n) is 10.9. The van der Waals surface area contributed by atoms with Crippen LogP contribution in [0, 0.1) is 0 Å². The lowest BCUT2D eigenvalue weighted by Gasteiger charge is -2.39. The second kappa shape index (κ2) is 13.0. The van der Waals surface area contributed by atoms with Gasteiger partial charge < -0.3 is 4.43 Å². The SMILES string of the molecule is CC(C)(C)[Si](C)(C)OC(CCCC(=O)CCCCCCBr)Cc1ccccc1. The first-order chi connectivity index (χ1) is 13.2. The fourth-order valence-corrected chi connectivity index (χ4v) is 4.88. The highest BCUT2D eigenvalue weighted by Crippen LogP contribution is 2.38. The monoisotopic (exact) mass is 468 g/mol. The van der Waals surface area contributed by atoms with Gasteiger partial charge in [0.05, 0.1) is 0 Å². The smallest absolute Gasteiger partial charge is 0.192 e.